The van der Waals surface area contributed by atoms with E-state index < -0.39 is 0 Å². The highest BCUT2D eigenvalue weighted by atomic mass is 35.5. The summed E-state index contributed by atoms with van der Waals surface area (Å²) >= 11 is 7.33. The van der Waals surface area contributed by atoms with Crippen molar-refractivity contribution in [1.82, 2.24) is 15.6 Å². The summed E-state index contributed by atoms with van der Waals surface area (Å²) in [6, 6.07) is 15.2. The summed E-state index contributed by atoms with van der Waals surface area (Å²) in [6.45, 7) is 1.91. The molecule has 0 unspecified atom stereocenters. The summed E-state index contributed by atoms with van der Waals surface area (Å²) in [6.07, 6.45) is 3.57. The van der Waals surface area contributed by atoms with Crippen molar-refractivity contribution in [2.45, 2.75) is 6.92 Å². The fourth-order valence-electron chi connectivity index (χ4n) is 2.12. The Labute approximate surface area is 154 Å². The van der Waals surface area contributed by atoms with Crippen molar-refractivity contribution in [2.75, 3.05) is 0 Å². The third-order valence-corrected chi connectivity index (χ3v) is 4.54. The summed E-state index contributed by atoms with van der Waals surface area (Å²) in [7, 11) is 0. The Morgan fingerprint density at radius 3 is 2.80 bits per heavy atom. The van der Waals surface area contributed by atoms with E-state index in [1.807, 2.05) is 49.4 Å². The van der Waals surface area contributed by atoms with Gasteiger partial charge in [-0.3, -0.25) is 9.89 Å². The minimum atomic E-state index is -0.381. The molecule has 2 aromatic heterocycles. The Kier molecular flexibility index (Phi) is 5.42. The smallest absolute Gasteiger partial charge is 0.276 e. The van der Waals surface area contributed by atoms with Crippen LogP contribution >= 0.6 is 22.9 Å². The van der Waals surface area contributed by atoms with Crippen molar-refractivity contribution >= 4 is 41.1 Å². The SMILES string of the molecule is CC(C=NNC(=O)c1cc(-c2ccc(Cl)s2)[nH]n1)=Cc1ccccc1. The third-order valence-electron chi connectivity index (χ3n) is 3.28. The Morgan fingerprint density at radius 1 is 1.28 bits per heavy atom. The molecular formula is C18H15ClN4OS. The topological polar surface area (TPSA) is 70.1 Å². The Morgan fingerprint density at radius 2 is 2.08 bits per heavy atom. The Balaban J connectivity index is 1.61. The van der Waals surface area contributed by atoms with Crippen LogP contribution in [-0.4, -0.2) is 22.3 Å². The largest absolute Gasteiger partial charge is 0.291 e. The van der Waals surface area contributed by atoms with E-state index in [9.17, 15) is 4.79 Å². The summed E-state index contributed by atoms with van der Waals surface area (Å²) < 4.78 is 0.681. The number of aromatic amines is 1. The number of hydrogen-bond donors (Lipinski definition) is 2. The molecular weight excluding hydrogens is 356 g/mol. The van der Waals surface area contributed by atoms with Gasteiger partial charge >= 0.3 is 0 Å². The van der Waals surface area contributed by atoms with Crippen LogP contribution in [0.2, 0.25) is 4.34 Å². The first-order valence-corrected chi connectivity index (χ1v) is 8.69. The van der Waals surface area contributed by atoms with Gasteiger partial charge in [-0.05, 0) is 36.3 Å². The van der Waals surface area contributed by atoms with Gasteiger partial charge in [0.1, 0.15) is 0 Å². The van der Waals surface area contributed by atoms with Crippen molar-refractivity contribution in [3.63, 3.8) is 0 Å². The van der Waals surface area contributed by atoms with Crippen molar-refractivity contribution in [3.05, 3.63) is 69.7 Å². The van der Waals surface area contributed by atoms with Crippen LogP contribution in [-0.2, 0) is 0 Å². The van der Waals surface area contributed by atoms with Crippen molar-refractivity contribution in [2.24, 2.45) is 5.10 Å². The van der Waals surface area contributed by atoms with Gasteiger partial charge in [0.05, 0.1) is 21.1 Å². The fraction of sp³-hybridized carbons (Fsp3) is 0.0556. The molecule has 3 aromatic rings. The molecule has 126 valence electrons. The first kappa shape index (κ1) is 17.1. The molecule has 0 saturated carbocycles. The van der Waals surface area contributed by atoms with E-state index in [0.29, 0.717) is 4.34 Å². The predicted octanol–water partition coefficient (Wildman–Crippen LogP) is 4.61. The zero-order valence-electron chi connectivity index (χ0n) is 13.4. The average molecular weight is 371 g/mol. The summed E-state index contributed by atoms with van der Waals surface area (Å²) in [4.78, 5) is 13.0. The average Bonchev–Trinajstić information content (AvgIpc) is 3.24. The molecule has 0 aliphatic rings. The number of nitrogens with zero attached hydrogens (tertiary/aromatic N) is 2. The molecule has 0 aliphatic carbocycles. The molecule has 5 nitrogen and oxygen atoms in total. The molecule has 0 aliphatic heterocycles. The molecule has 0 radical (unpaired) electrons. The molecule has 2 N–H and O–H groups in total. The number of amides is 1. The van der Waals surface area contributed by atoms with Crippen LogP contribution in [0.1, 0.15) is 23.0 Å². The highest BCUT2D eigenvalue weighted by Gasteiger charge is 2.11. The highest BCUT2D eigenvalue weighted by molar-refractivity contribution is 7.19. The second-order valence-electron chi connectivity index (χ2n) is 5.27. The molecule has 25 heavy (non-hydrogen) atoms. The molecule has 0 bridgehead atoms. The molecule has 7 heteroatoms. The minimum Gasteiger partial charge on any atom is -0.276 e. The lowest BCUT2D eigenvalue weighted by atomic mass is 10.1. The second kappa shape index (κ2) is 7.92. The maximum absolute atomic E-state index is 12.1. The highest BCUT2D eigenvalue weighted by Crippen LogP contribution is 2.29. The predicted molar refractivity (Wildman–Crippen MR) is 103 cm³/mol. The quantitative estimate of drug-likeness (QED) is 0.508. The number of rotatable bonds is 5. The molecule has 0 spiro atoms. The van der Waals surface area contributed by atoms with E-state index in [1.54, 1.807) is 18.3 Å². The maximum Gasteiger partial charge on any atom is 0.291 e. The summed E-state index contributed by atoms with van der Waals surface area (Å²) in [5, 5.41) is 10.8. The molecule has 0 fully saturated rings. The lowest BCUT2D eigenvalue weighted by molar-refractivity contribution is 0.0950. The molecule has 3 rings (SSSR count). The van der Waals surface area contributed by atoms with Gasteiger partial charge in [-0.25, -0.2) is 5.43 Å². The third kappa shape index (κ3) is 4.65. The van der Waals surface area contributed by atoms with Crippen molar-refractivity contribution < 1.29 is 4.79 Å². The van der Waals surface area contributed by atoms with Gasteiger partial charge in [-0.15, -0.1) is 11.3 Å². The Bertz CT molecular complexity index is 927. The van der Waals surface area contributed by atoms with Crippen LogP contribution in [0.3, 0.4) is 0 Å². The van der Waals surface area contributed by atoms with E-state index in [1.165, 1.54) is 11.3 Å². The number of nitrogens with one attached hydrogen (secondary N) is 2. The number of benzene rings is 1. The van der Waals surface area contributed by atoms with Gasteiger partial charge in [0, 0.05) is 0 Å². The van der Waals surface area contributed by atoms with Crippen LogP contribution in [0.15, 0.2) is 59.2 Å². The number of carbonyl (C=O) groups is 1. The van der Waals surface area contributed by atoms with E-state index >= 15 is 0 Å². The molecule has 1 amide bonds. The lowest BCUT2D eigenvalue weighted by Crippen LogP contribution is -2.17. The summed E-state index contributed by atoms with van der Waals surface area (Å²) in [5.74, 6) is -0.381. The van der Waals surface area contributed by atoms with Crippen LogP contribution in [0.4, 0.5) is 0 Å². The van der Waals surface area contributed by atoms with Crippen molar-refractivity contribution in [3.8, 4) is 10.6 Å². The number of halogens is 1. The zero-order chi connectivity index (χ0) is 17.6. The molecule has 1 aromatic carbocycles. The van der Waals surface area contributed by atoms with Gasteiger partial charge in [0.25, 0.3) is 5.91 Å². The van der Waals surface area contributed by atoms with Gasteiger partial charge < -0.3 is 0 Å². The lowest BCUT2D eigenvalue weighted by Gasteiger charge is -1.96. The van der Waals surface area contributed by atoms with Crippen LogP contribution in [0.25, 0.3) is 16.6 Å². The first-order chi connectivity index (χ1) is 12.1. The normalized spacial score (nSPS) is 11.8. The monoisotopic (exact) mass is 370 g/mol. The number of allylic oxidation sites excluding steroid dienone is 1. The molecule has 2 heterocycles. The van der Waals surface area contributed by atoms with E-state index in [4.69, 9.17) is 11.6 Å². The number of thiophene rings is 1. The number of aromatic nitrogens is 2. The molecule has 0 atom stereocenters. The van der Waals surface area contributed by atoms with Crippen molar-refractivity contribution in [1.29, 1.82) is 0 Å². The second-order valence-corrected chi connectivity index (χ2v) is 6.98. The zero-order valence-corrected chi connectivity index (χ0v) is 14.9. The van der Waals surface area contributed by atoms with E-state index in [-0.39, 0.29) is 11.6 Å². The van der Waals surface area contributed by atoms with Crippen LogP contribution < -0.4 is 5.43 Å². The Hall–Kier alpha value is -2.70. The first-order valence-electron chi connectivity index (χ1n) is 7.50. The van der Waals surface area contributed by atoms with Gasteiger partial charge in [-0.2, -0.15) is 10.2 Å². The fourth-order valence-corrected chi connectivity index (χ4v) is 3.13. The maximum atomic E-state index is 12.1. The minimum absolute atomic E-state index is 0.265. The van der Waals surface area contributed by atoms with E-state index in [0.717, 1.165) is 21.7 Å². The summed E-state index contributed by atoms with van der Waals surface area (Å²) in [5.41, 5.74) is 5.47. The number of H-pyrrole nitrogens is 1. The van der Waals surface area contributed by atoms with E-state index in [2.05, 4.69) is 20.7 Å². The van der Waals surface area contributed by atoms with Crippen LogP contribution in [0, 0.1) is 0 Å². The van der Waals surface area contributed by atoms with Gasteiger partial charge in [0.15, 0.2) is 5.69 Å². The standard InChI is InChI=1S/C18H15ClN4OS/c1-12(9-13-5-3-2-4-6-13)11-20-23-18(24)15-10-14(21-22-15)16-7-8-17(19)25-16/h2-11H,1H3,(H,21,22)(H,23,24). The van der Waals surface area contributed by atoms with Gasteiger partial charge in [0.2, 0.25) is 0 Å². The van der Waals surface area contributed by atoms with Gasteiger partial charge in [-0.1, -0.05) is 48.0 Å². The number of hydrazone groups is 1. The van der Waals surface area contributed by atoms with Crippen LogP contribution in [0.5, 0.6) is 0 Å². The number of hydrogen-bond acceptors (Lipinski definition) is 4. The molecule has 0 saturated heterocycles. The number of carbonyl (C=O) groups excluding carboxylic acids is 1.